The van der Waals surface area contributed by atoms with Crippen LogP contribution in [-0.2, 0) is 14.8 Å². The van der Waals surface area contributed by atoms with Gasteiger partial charge in [0.25, 0.3) is 0 Å². The molecular weight excluding hydrogens is 254 g/mol. The minimum atomic E-state index is -3.28. The topological polar surface area (TPSA) is 78.5 Å². The first-order chi connectivity index (χ1) is 8.35. The molecule has 18 heavy (non-hydrogen) atoms. The van der Waals surface area contributed by atoms with Gasteiger partial charge in [0.15, 0.2) is 0 Å². The van der Waals surface area contributed by atoms with Crippen molar-refractivity contribution in [1.82, 2.24) is 14.9 Å². The minimum Gasteiger partial charge on any atom is -0.352 e. The Morgan fingerprint density at radius 1 is 1.50 bits per heavy atom. The maximum atomic E-state index is 11.8. The minimum absolute atomic E-state index is 0.0150. The van der Waals surface area contributed by atoms with E-state index in [-0.39, 0.29) is 24.2 Å². The third-order valence-corrected chi connectivity index (χ3v) is 5.00. The molecule has 0 spiro atoms. The van der Waals surface area contributed by atoms with Gasteiger partial charge >= 0.3 is 0 Å². The second-order valence-corrected chi connectivity index (χ2v) is 7.17. The van der Waals surface area contributed by atoms with E-state index in [1.54, 1.807) is 6.92 Å². The fourth-order valence-corrected chi connectivity index (χ4v) is 2.81. The van der Waals surface area contributed by atoms with Crippen molar-refractivity contribution in [2.75, 3.05) is 25.9 Å². The largest absolute Gasteiger partial charge is 0.352 e. The van der Waals surface area contributed by atoms with Crippen LogP contribution >= 0.6 is 0 Å². The van der Waals surface area contributed by atoms with Crippen LogP contribution in [0.15, 0.2) is 0 Å². The Labute approximate surface area is 109 Å². The van der Waals surface area contributed by atoms with Gasteiger partial charge in [-0.1, -0.05) is 0 Å². The van der Waals surface area contributed by atoms with Crippen molar-refractivity contribution in [1.29, 1.82) is 0 Å². The molecule has 0 aromatic rings. The Morgan fingerprint density at radius 2 is 2.17 bits per heavy atom. The van der Waals surface area contributed by atoms with Crippen LogP contribution < -0.4 is 10.6 Å². The summed E-state index contributed by atoms with van der Waals surface area (Å²) in [5.41, 5.74) is 0. The van der Waals surface area contributed by atoms with Gasteiger partial charge in [-0.2, -0.15) is 4.31 Å². The monoisotopic (exact) mass is 277 g/mol. The molecule has 0 aromatic heterocycles. The first kappa shape index (κ1) is 15.4. The highest BCUT2D eigenvalue weighted by Gasteiger charge is 2.22. The summed E-state index contributed by atoms with van der Waals surface area (Å²) < 4.78 is 24.1. The number of rotatable bonds is 5. The van der Waals surface area contributed by atoms with Crippen LogP contribution in [0.3, 0.4) is 0 Å². The lowest BCUT2D eigenvalue weighted by Crippen LogP contribution is -2.49. The zero-order valence-electron chi connectivity index (χ0n) is 11.3. The van der Waals surface area contributed by atoms with Gasteiger partial charge in [0.05, 0.1) is 12.3 Å². The lowest BCUT2D eigenvalue weighted by Gasteiger charge is -2.29. The fraction of sp³-hybridized carbons (Fsp3) is 0.909. The van der Waals surface area contributed by atoms with Gasteiger partial charge in [0, 0.05) is 19.1 Å². The SMILES string of the molecule is CCS(=O)(=O)N(C)CC(=O)NC1CCNC(C)C1. The van der Waals surface area contributed by atoms with Gasteiger partial charge in [0.2, 0.25) is 15.9 Å². The highest BCUT2D eigenvalue weighted by atomic mass is 32.2. The van der Waals surface area contributed by atoms with E-state index >= 15 is 0 Å². The van der Waals surface area contributed by atoms with Crippen LogP contribution in [0.25, 0.3) is 0 Å². The van der Waals surface area contributed by atoms with E-state index in [2.05, 4.69) is 17.6 Å². The Bertz CT molecular complexity index is 383. The van der Waals surface area contributed by atoms with Crippen LogP contribution in [0.4, 0.5) is 0 Å². The third kappa shape index (κ3) is 4.55. The number of likely N-dealkylation sites (N-methyl/N-ethyl adjacent to an activating group) is 1. The first-order valence-corrected chi connectivity index (χ1v) is 7.92. The summed E-state index contributed by atoms with van der Waals surface area (Å²) in [7, 11) is -1.85. The molecule has 1 heterocycles. The molecule has 1 aliphatic rings. The Hall–Kier alpha value is -0.660. The van der Waals surface area contributed by atoms with Crippen LogP contribution in [0.1, 0.15) is 26.7 Å². The van der Waals surface area contributed by atoms with E-state index in [1.165, 1.54) is 7.05 Å². The summed E-state index contributed by atoms with van der Waals surface area (Å²) in [5.74, 6) is -0.213. The van der Waals surface area contributed by atoms with Gasteiger partial charge < -0.3 is 10.6 Å². The standard InChI is InChI=1S/C11H23N3O3S/c1-4-18(16,17)14(3)8-11(15)13-10-5-6-12-9(2)7-10/h9-10,12H,4-8H2,1-3H3,(H,13,15). The first-order valence-electron chi connectivity index (χ1n) is 6.32. The number of hydrogen-bond donors (Lipinski definition) is 2. The number of nitrogens with zero attached hydrogens (tertiary/aromatic N) is 1. The molecule has 2 N–H and O–H groups in total. The molecule has 0 saturated carbocycles. The fourth-order valence-electron chi connectivity index (χ4n) is 2.06. The van der Waals surface area contributed by atoms with Gasteiger partial charge in [-0.3, -0.25) is 4.79 Å². The van der Waals surface area contributed by atoms with Crippen molar-refractivity contribution in [3.8, 4) is 0 Å². The second-order valence-electron chi connectivity index (χ2n) is 4.80. The molecule has 0 radical (unpaired) electrons. The zero-order valence-corrected chi connectivity index (χ0v) is 12.1. The summed E-state index contributed by atoms with van der Waals surface area (Å²) >= 11 is 0. The molecular formula is C11H23N3O3S. The molecule has 0 aliphatic carbocycles. The molecule has 2 unspecified atom stereocenters. The molecule has 2 atom stereocenters. The summed E-state index contributed by atoms with van der Waals surface area (Å²) in [6.07, 6.45) is 1.77. The lowest BCUT2D eigenvalue weighted by molar-refractivity contribution is -0.122. The highest BCUT2D eigenvalue weighted by Crippen LogP contribution is 2.08. The van der Waals surface area contributed by atoms with Gasteiger partial charge in [-0.05, 0) is 33.2 Å². The molecule has 106 valence electrons. The molecule has 1 aliphatic heterocycles. The van der Waals surface area contributed by atoms with Crippen molar-refractivity contribution >= 4 is 15.9 Å². The van der Waals surface area contributed by atoms with Crippen molar-refractivity contribution in [3.63, 3.8) is 0 Å². The molecule has 7 heteroatoms. The summed E-state index contributed by atoms with van der Waals surface area (Å²) in [5, 5.41) is 6.19. The number of amides is 1. The van der Waals surface area contributed by atoms with Gasteiger partial charge in [-0.25, -0.2) is 8.42 Å². The van der Waals surface area contributed by atoms with Crippen molar-refractivity contribution in [2.45, 2.75) is 38.8 Å². The number of sulfonamides is 1. The average Bonchev–Trinajstić information content (AvgIpc) is 2.28. The maximum absolute atomic E-state index is 11.8. The third-order valence-electron chi connectivity index (χ3n) is 3.19. The number of hydrogen-bond acceptors (Lipinski definition) is 4. The Kier molecular flexibility index (Phi) is 5.55. The predicted octanol–water partition coefficient (Wildman–Crippen LogP) is -0.475. The number of piperidine rings is 1. The van der Waals surface area contributed by atoms with E-state index in [0.29, 0.717) is 6.04 Å². The highest BCUT2D eigenvalue weighted by molar-refractivity contribution is 7.89. The maximum Gasteiger partial charge on any atom is 0.235 e. The molecule has 6 nitrogen and oxygen atoms in total. The van der Waals surface area contributed by atoms with Crippen LogP contribution in [0.5, 0.6) is 0 Å². The van der Waals surface area contributed by atoms with Gasteiger partial charge in [0.1, 0.15) is 0 Å². The van der Waals surface area contributed by atoms with Crippen LogP contribution in [0, 0.1) is 0 Å². The molecule has 1 saturated heterocycles. The number of carbonyl (C=O) groups excluding carboxylic acids is 1. The summed E-state index contributed by atoms with van der Waals surface area (Å²) in [4.78, 5) is 11.8. The number of nitrogens with one attached hydrogen (secondary N) is 2. The molecule has 1 fully saturated rings. The van der Waals surface area contributed by atoms with Crippen LogP contribution in [-0.4, -0.2) is 56.6 Å². The average molecular weight is 277 g/mol. The second kappa shape index (κ2) is 6.49. The molecule has 0 aromatic carbocycles. The van der Waals surface area contributed by atoms with Crippen molar-refractivity contribution in [2.24, 2.45) is 0 Å². The van der Waals surface area contributed by atoms with E-state index in [4.69, 9.17) is 0 Å². The van der Waals surface area contributed by atoms with Crippen molar-refractivity contribution in [3.05, 3.63) is 0 Å². The molecule has 1 amide bonds. The van der Waals surface area contributed by atoms with Gasteiger partial charge in [-0.15, -0.1) is 0 Å². The van der Waals surface area contributed by atoms with E-state index in [1.807, 2.05) is 0 Å². The summed E-state index contributed by atoms with van der Waals surface area (Å²) in [6, 6.07) is 0.535. The Morgan fingerprint density at radius 3 is 2.72 bits per heavy atom. The van der Waals surface area contributed by atoms with E-state index in [0.717, 1.165) is 23.7 Å². The molecule has 0 bridgehead atoms. The smallest absolute Gasteiger partial charge is 0.235 e. The normalized spacial score (nSPS) is 25.1. The van der Waals surface area contributed by atoms with Crippen molar-refractivity contribution < 1.29 is 13.2 Å². The Balaban J connectivity index is 2.42. The van der Waals surface area contributed by atoms with Crippen LogP contribution in [0.2, 0.25) is 0 Å². The van der Waals surface area contributed by atoms with E-state index in [9.17, 15) is 13.2 Å². The molecule has 1 rings (SSSR count). The lowest BCUT2D eigenvalue weighted by atomic mass is 10.0. The predicted molar refractivity (Wildman–Crippen MR) is 70.7 cm³/mol. The quantitative estimate of drug-likeness (QED) is 0.712. The number of carbonyl (C=O) groups is 1. The zero-order chi connectivity index (χ0) is 13.8. The van der Waals surface area contributed by atoms with E-state index < -0.39 is 10.0 Å². The summed E-state index contributed by atoms with van der Waals surface area (Å²) in [6.45, 7) is 4.42.